The predicted octanol–water partition coefficient (Wildman–Crippen LogP) is 6.15. The lowest BCUT2D eigenvalue weighted by molar-refractivity contribution is -0.123. The highest BCUT2D eigenvalue weighted by molar-refractivity contribution is 8.18. The smallest absolute Gasteiger partial charge is 0.293 e. The molecule has 1 aliphatic rings. The zero-order chi connectivity index (χ0) is 24.1. The molecule has 0 aromatic heterocycles. The van der Waals surface area contributed by atoms with Gasteiger partial charge in [0.25, 0.3) is 11.1 Å². The van der Waals surface area contributed by atoms with Gasteiger partial charge in [-0.15, -0.1) is 0 Å². The number of hydrogen-bond donors (Lipinski definition) is 0. The molecule has 1 aliphatic heterocycles. The summed E-state index contributed by atoms with van der Waals surface area (Å²) >= 11 is 7.48. The van der Waals surface area contributed by atoms with Crippen molar-refractivity contribution in [3.05, 3.63) is 75.7 Å². The summed E-state index contributed by atoms with van der Waals surface area (Å²) in [6, 6.07) is 17.6. The number of thioether (sulfide) groups is 1. The summed E-state index contributed by atoms with van der Waals surface area (Å²) in [5, 5.41) is 2.28. The Morgan fingerprint density at radius 3 is 2.65 bits per heavy atom. The molecule has 0 bridgehead atoms. The molecular formula is C26H24ClNO5S. The zero-order valence-corrected chi connectivity index (χ0v) is 20.4. The van der Waals surface area contributed by atoms with E-state index in [2.05, 4.69) is 18.2 Å². The van der Waals surface area contributed by atoms with Crippen molar-refractivity contribution in [3.63, 3.8) is 0 Å². The fourth-order valence-corrected chi connectivity index (χ4v) is 4.81. The molecule has 1 fully saturated rings. The second kappa shape index (κ2) is 11.0. The largest absolute Gasteiger partial charge is 0.490 e. The highest BCUT2D eigenvalue weighted by Gasteiger charge is 2.34. The van der Waals surface area contributed by atoms with Crippen LogP contribution in [-0.4, -0.2) is 42.9 Å². The molecule has 1 saturated heterocycles. The molecule has 0 atom stereocenters. The minimum absolute atomic E-state index is 0.213. The second-order valence-electron chi connectivity index (χ2n) is 7.52. The molecule has 0 spiro atoms. The lowest BCUT2D eigenvalue weighted by atomic mass is 10.1. The zero-order valence-electron chi connectivity index (χ0n) is 18.9. The number of carbonyl (C=O) groups excluding carboxylic acids is 2. The van der Waals surface area contributed by atoms with Gasteiger partial charge in [0.15, 0.2) is 11.5 Å². The van der Waals surface area contributed by atoms with Crippen molar-refractivity contribution in [1.29, 1.82) is 0 Å². The van der Waals surface area contributed by atoms with Crippen molar-refractivity contribution in [3.8, 4) is 11.5 Å². The Morgan fingerprint density at radius 2 is 1.85 bits per heavy atom. The number of ether oxygens (including phenoxy) is 3. The molecule has 3 aromatic carbocycles. The maximum Gasteiger partial charge on any atom is 0.293 e. The van der Waals surface area contributed by atoms with Crippen molar-refractivity contribution < 1.29 is 23.8 Å². The van der Waals surface area contributed by atoms with Gasteiger partial charge in [0.05, 0.1) is 29.7 Å². The Kier molecular flexibility index (Phi) is 7.77. The quantitative estimate of drug-likeness (QED) is 0.330. The molecule has 34 heavy (non-hydrogen) atoms. The van der Waals surface area contributed by atoms with Crippen LogP contribution in [0.5, 0.6) is 11.5 Å². The van der Waals surface area contributed by atoms with Crippen molar-refractivity contribution in [1.82, 2.24) is 4.90 Å². The number of nitrogens with zero attached hydrogens (tertiary/aromatic N) is 1. The SMILES string of the molecule is CCOc1cc(/C=C2/SC(=O)N(CCOC)C2=O)cc(Cl)c1OCc1cccc2ccccc12. The van der Waals surface area contributed by atoms with E-state index in [0.29, 0.717) is 40.2 Å². The summed E-state index contributed by atoms with van der Waals surface area (Å²) in [4.78, 5) is 26.3. The van der Waals surface area contributed by atoms with E-state index in [0.717, 1.165) is 28.1 Å². The molecule has 3 aromatic rings. The van der Waals surface area contributed by atoms with E-state index in [9.17, 15) is 9.59 Å². The van der Waals surface area contributed by atoms with Gasteiger partial charge in [0.1, 0.15) is 6.61 Å². The van der Waals surface area contributed by atoms with Crippen LogP contribution in [0.2, 0.25) is 5.02 Å². The third-order valence-corrected chi connectivity index (χ3v) is 6.46. The number of amides is 2. The van der Waals surface area contributed by atoms with Crippen LogP contribution in [0.4, 0.5) is 4.79 Å². The van der Waals surface area contributed by atoms with Gasteiger partial charge < -0.3 is 14.2 Å². The molecule has 0 radical (unpaired) electrons. The number of hydrogen-bond acceptors (Lipinski definition) is 6. The Bertz CT molecular complexity index is 1250. The third kappa shape index (κ3) is 5.22. The highest BCUT2D eigenvalue weighted by atomic mass is 35.5. The molecule has 0 unspecified atom stereocenters. The minimum Gasteiger partial charge on any atom is -0.490 e. The Balaban J connectivity index is 1.59. The monoisotopic (exact) mass is 497 g/mol. The van der Waals surface area contributed by atoms with Crippen LogP contribution < -0.4 is 9.47 Å². The first-order chi connectivity index (χ1) is 16.5. The minimum atomic E-state index is -0.350. The van der Waals surface area contributed by atoms with Crippen LogP contribution in [0.3, 0.4) is 0 Å². The van der Waals surface area contributed by atoms with Crippen LogP contribution in [-0.2, 0) is 16.1 Å². The molecule has 0 saturated carbocycles. The van der Waals surface area contributed by atoms with Crippen LogP contribution in [0.1, 0.15) is 18.1 Å². The Labute approximate surface area is 207 Å². The summed E-state index contributed by atoms with van der Waals surface area (Å²) in [6.45, 7) is 3.10. The van der Waals surface area contributed by atoms with Crippen LogP contribution >= 0.6 is 23.4 Å². The normalized spacial score (nSPS) is 14.9. The average molecular weight is 498 g/mol. The number of fused-ring (bicyclic) bond motifs is 1. The number of halogens is 1. The first kappa shape index (κ1) is 24.1. The fraction of sp³-hybridized carbons (Fsp3) is 0.231. The number of carbonyl (C=O) groups is 2. The topological polar surface area (TPSA) is 65.1 Å². The highest BCUT2D eigenvalue weighted by Crippen LogP contribution is 2.39. The molecule has 1 heterocycles. The first-order valence-corrected chi connectivity index (χ1v) is 12.0. The maximum absolute atomic E-state index is 12.6. The van der Waals surface area contributed by atoms with Gasteiger partial charge in [-0.3, -0.25) is 14.5 Å². The van der Waals surface area contributed by atoms with Gasteiger partial charge in [-0.05, 0) is 58.8 Å². The lowest BCUT2D eigenvalue weighted by Crippen LogP contribution is -2.31. The van der Waals surface area contributed by atoms with Gasteiger partial charge in [-0.25, -0.2) is 0 Å². The molecule has 176 valence electrons. The van der Waals surface area contributed by atoms with Gasteiger partial charge >= 0.3 is 0 Å². The van der Waals surface area contributed by atoms with Crippen molar-refractivity contribution in [2.75, 3.05) is 26.9 Å². The summed E-state index contributed by atoms with van der Waals surface area (Å²) in [5.41, 5.74) is 1.67. The predicted molar refractivity (Wildman–Crippen MR) is 135 cm³/mol. The van der Waals surface area contributed by atoms with E-state index >= 15 is 0 Å². The van der Waals surface area contributed by atoms with Gasteiger partial charge in [-0.1, -0.05) is 54.1 Å². The fourth-order valence-electron chi connectivity index (χ4n) is 3.67. The maximum atomic E-state index is 12.6. The van der Waals surface area contributed by atoms with E-state index in [1.165, 1.54) is 12.0 Å². The molecule has 8 heteroatoms. The van der Waals surface area contributed by atoms with Gasteiger partial charge in [0.2, 0.25) is 0 Å². The van der Waals surface area contributed by atoms with E-state index in [-0.39, 0.29) is 24.3 Å². The average Bonchev–Trinajstić information content (AvgIpc) is 3.09. The van der Waals surface area contributed by atoms with E-state index in [1.54, 1.807) is 18.2 Å². The van der Waals surface area contributed by atoms with Crippen molar-refractivity contribution in [2.45, 2.75) is 13.5 Å². The van der Waals surface area contributed by atoms with Crippen LogP contribution in [0.15, 0.2) is 59.5 Å². The molecule has 0 N–H and O–H groups in total. The summed E-state index contributed by atoms with van der Waals surface area (Å²) in [7, 11) is 1.52. The first-order valence-electron chi connectivity index (χ1n) is 10.8. The molecular weight excluding hydrogens is 474 g/mol. The van der Waals surface area contributed by atoms with Gasteiger partial charge in [-0.2, -0.15) is 0 Å². The van der Waals surface area contributed by atoms with E-state index < -0.39 is 0 Å². The standard InChI is InChI=1S/C26H24ClNO5S/c1-3-32-22-14-17(15-23-25(29)28(11-12-31-2)26(30)34-23)13-21(27)24(22)33-16-19-9-6-8-18-7-4-5-10-20(18)19/h4-10,13-15H,3,11-12,16H2,1-2H3/b23-15+. The van der Waals surface area contributed by atoms with E-state index in [4.69, 9.17) is 25.8 Å². The van der Waals surface area contributed by atoms with Crippen LogP contribution in [0, 0.1) is 0 Å². The summed E-state index contributed by atoms with van der Waals surface area (Å²) in [6.07, 6.45) is 1.64. The number of methoxy groups -OCH3 is 1. The Morgan fingerprint density at radius 1 is 1.06 bits per heavy atom. The molecule has 0 aliphatic carbocycles. The molecule has 6 nitrogen and oxygen atoms in total. The molecule has 4 rings (SSSR count). The number of rotatable bonds is 9. The van der Waals surface area contributed by atoms with Crippen molar-refractivity contribution >= 4 is 51.4 Å². The summed E-state index contributed by atoms with van der Waals surface area (Å²) in [5.74, 6) is 0.555. The number of benzene rings is 3. The van der Waals surface area contributed by atoms with Crippen molar-refractivity contribution in [2.24, 2.45) is 0 Å². The Hall–Kier alpha value is -3.00. The summed E-state index contributed by atoms with van der Waals surface area (Å²) < 4.78 is 16.9. The number of imide groups is 1. The van der Waals surface area contributed by atoms with Crippen LogP contribution in [0.25, 0.3) is 16.8 Å². The second-order valence-corrected chi connectivity index (χ2v) is 8.92. The lowest BCUT2D eigenvalue weighted by Gasteiger charge is -2.15. The third-order valence-electron chi connectivity index (χ3n) is 5.27. The van der Waals surface area contributed by atoms with Gasteiger partial charge in [0, 0.05) is 7.11 Å². The molecule has 2 amide bonds. The van der Waals surface area contributed by atoms with E-state index in [1.807, 2.05) is 31.2 Å².